The number of pyridine rings is 1. The number of rotatable bonds is 5. The van der Waals surface area contributed by atoms with Gasteiger partial charge in [-0.2, -0.15) is 0 Å². The van der Waals surface area contributed by atoms with Crippen molar-refractivity contribution in [3.63, 3.8) is 0 Å². The Hall–Kier alpha value is -2.27. The molecule has 1 amide bonds. The first kappa shape index (κ1) is 17.5. The second kappa shape index (κ2) is 8.21. The molecule has 1 aliphatic carbocycles. The lowest BCUT2D eigenvalue weighted by atomic mass is 9.95. The van der Waals surface area contributed by atoms with Crippen molar-refractivity contribution in [2.75, 3.05) is 17.7 Å². The monoisotopic (exact) mass is 359 g/mol. The predicted octanol–water partition coefficient (Wildman–Crippen LogP) is 4.74. The molecule has 6 heteroatoms. The number of nitrogens with zero attached hydrogens (tertiary/aromatic N) is 1. The lowest BCUT2D eigenvalue weighted by molar-refractivity contribution is 0.102. The average molecular weight is 360 g/mol. The molecule has 1 fully saturated rings. The third-order valence-electron chi connectivity index (χ3n) is 4.41. The summed E-state index contributed by atoms with van der Waals surface area (Å²) < 4.78 is 5.28. The molecule has 2 N–H and O–H groups in total. The fourth-order valence-corrected chi connectivity index (χ4v) is 3.28. The number of hydrogen-bond donors (Lipinski definition) is 2. The van der Waals surface area contributed by atoms with Gasteiger partial charge in [0, 0.05) is 17.3 Å². The Bertz CT molecular complexity index is 745. The SMILES string of the molecule is COc1ccc(Cl)cc1NC(=O)c1cccnc1NC1CCCCC1. The van der Waals surface area contributed by atoms with Gasteiger partial charge in [-0.1, -0.05) is 30.9 Å². The summed E-state index contributed by atoms with van der Waals surface area (Å²) in [6.45, 7) is 0. The molecule has 25 heavy (non-hydrogen) atoms. The maximum atomic E-state index is 12.8. The fourth-order valence-electron chi connectivity index (χ4n) is 3.11. The second-order valence-electron chi connectivity index (χ2n) is 6.18. The largest absolute Gasteiger partial charge is 0.495 e. The lowest BCUT2D eigenvalue weighted by Gasteiger charge is -2.24. The number of hydrogen-bond acceptors (Lipinski definition) is 4. The van der Waals surface area contributed by atoms with Gasteiger partial charge in [0.05, 0.1) is 18.4 Å². The maximum absolute atomic E-state index is 12.8. The van der Waals surface area contributed by atoms with Crippen molar-refractivity contribution in [2.45, 2.75) is 38.1 Å². The summed E-state index contributed by atoms with van der Waals surface area (Å²) in [6.07, 6.45) is 7.63. The Balaban J connectivity index is 1.79. The number of anilines is 2. The molecule has 0 spiro atoms. The highest BCUT2D eigenvalue weighted by molar-refractivity contribution is 6.31. The van der Waals surface area contributed by atoms with Gasteiger partial charge in [0.25, 0.3) is 5.91 Å². The first-order chi connectivity index (χ1) is 12.2. The van der Waals surface area contributed by atoms with Gasteiger partial charge in [0.2, 0.25) is 0 Å². The van der Waals surface area contributed by atoms with E-state index in [1.807, 2.05) is 0 Å². The van der Waals surface area contributed by atoms with E-state index in [1.165, 1.54) is 19.3 Å². The van der Waals surface area contributed by atoms with Crippen LogP contribution < -0.4 is 15.4 Å². The Kier molecular flexibility index (Phi) is 5.76. The van der Waals surface area contributed by atoms with Crippen LogP contribution >= 0.6 is 11.6 Å². The third kappa shape index (κ3) is 4.42. The van der Waals surface area contributed by atoms with Crippen molar-refractivity contribution < 1.29 is 9.53 Å². The fraction of sp³-hybridized carbons (Fsp3) is 0.368. The zero-order valence-electron chi connectivity index (χ0n) is 14.2. The Morgan fingerprint density at radius 1 is 1.24 bits per heavy atom. The van der Waals surface area contributed by atoms with Gasteiger partial charge in [0.1, 0.15) is 11.6 Å². The number of methoxy groups -OCH3 is 1. The quantitative estimate of drug-likeness (QED) is 0.809. The summed E-state index contributed by atoms with van der Waals surface area (Å²) in [5.74, 6) is 0.934. The van der Waals surface area contributed by atoms with E-state index in [-0.39, 0.29) is 5.91 Å². The first-order valence-corrected chi connectivity index (χ1v) is 8.91. The van der Waals surface area contributed by atoms with Gasteiger partial charge in [0.15, 0.2) is 0 Å². The first-order valence-electron chi connectivity index (χ1n) is 8.54. The van der Waals surface area contributed by atoms with E-state index in [9.17, 15) is 4.79 Å². The number of carbonyl (C=O) groups excluding carboxylic acids is 1. The van der Waals surface area contributed by atoms with E-state index < -0.39 is 0 Å². The van der Waals surface area contributed by atoms with E-state index in [0.29, 0.717) is 33.9 Å². The van der Waals surface area contributed by atoms with Crippen LogP contribution in [0.3, 0.4) is 0 Å². The van der Waals surface area contributed by atoms with Crippen molar-refractivity contribution in [3.8, 4) is 5.75 Å². The van der Waals surface area contributed by atoms with Crippen molar-refractivity contribution >= 4 is 29.0 Å². The number of ether oxygens (including phenoxy) is 1. The van der Waals surface area contributed by atoms with E-state index in [0.717, 1.165) is 12.8 Å². The zero-order valence-corrected chi connectivity index (χ0v) is 15.0. The molecule has 1 saturated carbocycles. The molecule has 1 aliphatic rings. The van der Waals surface area contributed by atoms with Crippen molar-refractivity contribution in [1.82, 2.24) is 4.98 Å². The number of amides is 1. The van der Waals surface area contributed by atoms with Crippen LogP contribution in [0.25, 0.3) is 0 Å². The Morgan fingerprint density at radius 3 is 2.80 bits per heavy atom. The molecular weight excluding hydrogens is 338 g/mol. The van der Waals surface area contributed by atoms with E-state index in [2.05, 4.69) is 15.6 Å². The van der Waals surface area contributed by atoms with E-state index in [4.69, 9.17) is 16.3 Å². The summed E-state index contributed by atoms with van der Waals surface area (Å²) >= 11 is 6.03. The van der Waals surface area contributed by atoms with Crippen LogP contribution in [0.2, 0.25) is 5.02 Å². The maximum Gasteiger partial charge on any atom is 0.259 e. The molecule has 0 aliphatic heterocycles. The molecule has 132 valence electrons. The van der Waals surface area contributed by atoms with E-state index in [1.54, 1.807) is 43.6 Å². The molecule has 0 atom stereocenters. The normalized spacial score (nSPS) is 14.8. The highest BCUT2D eigenvalue weighted by Gasteiger charge is 2.19. The highest BCUT2D eigenvalue weighted by atomic mass is 35.5. The van der Waals surface area contributed by atoms with Crippen LogP contribution in [-0.2, 0) is 0 Å². The predicted molar refractivity (Wildman–Crippen MR) is 101 cm³/mol. The van der Waals surface area contributed by atoms with Crippen molar-refractivity contribution in [3.05, 3.63) is 47.1 Å². The van der Waals surface area contributed by atoms with E-state index >= 15 is 0 Å². The molecule has 5 nitrogen and oxygen atoms in total. The minimum absolute atomic E-state index is 0.244. The van der Waals surface area contributed by atoms with Gasteiger partial charge in [-0.3, -0.25) is 4.79 Å². The van der Waals surface area contributed by atoms with Crippen LogP contribution in [0.5, 0.6) is 5.75 Å². The summed E-state index contributed by atoms with van der Waals surface area (Å²) in [5, 5.41) is 6.83. The van der Waals surface area contributed by atoms with Crippen molar-refractivity contribution in [1.29, 1.82) is 0 Å². The topological polar surface area (TPSA) is 63.2 Å². The smallest absolute Gasteiger partial charge is 0.259 e. The summed E-state index contributed by atoms with van der Waals surface area (Å²) in [4.78, 5) is 17.1. The molecule has 0 radical (unpaired) electrons. The molecule has 1 aromatic heterocycles. The van der Waals surface area contributed by atoms with Crippen LogP contribution in [0.4, 0.5) is 11.5 Å². The molecule has 0 unspecified atom stereocenters. The van der Waals surface area contributed by atoms with Crippen LogP contribution in [0, 0.1) is 0 Å². The molecule has 2 aromatic rings. The van der Waals surface area contributed by atoms with Crippen LogP contribution in [0.15, 0.2) is 36.5 Å². The van der Waals surface area contributed by atoms with Crippen molar-refractivity contribution in [2.24, 2.45) is 0 Å². The van der Waals surface area contributed by atoms with Crippen LogP contribution in [0.1, 0.15) is 42.5 Å². The standard InChI is InChI=1S/C19H22ClN3O2/c1-25-17-10-9-13(20)12-16(17)23-19(24)15-8-5-11-21-18(15)22-14-6-3-2-4-7-14/h5,8-12,14H,2-4,6-7H2,1H3,(H,21,22)(H,23,24). The number of carbonyl (C=O) groups is 1. The number of aromatic nitrogens is 1. The minimum atomic E-state index is -0.244. The van der Waals surface area contributed by atoms with Gasteiger partial charge in [-0.05, 0) is 43.2 Å². The third-order valence-corrected chi connectivity index (χ3v) is 4.64. The molecule has 0 saturated heterocycles. The lowest BCUT2D eigenvalue weighted by Crippen LogP contribution is -2.25. The molecular formula is C19H22ClN3O2. The molecule has 1 aromatic carbocycles. The molecule has 0 bridgehead atoms. The average Bonchev–Trinajstić information content (AvgIpc) is 2.63. The summed E-state index contributed by atoms with van der Waals surface area (Å²) in [7, 11) is 1.55. The molecule has 1 heterocycles. The van der Waals surface area contributed by atoms with Crippen LogP contribution in [-0.4, -0.2) is 24.0 Å². The molecule has 3 rings (SSSR count). The highest BCUT2D eigenvalue weighted by Crippen LogP contribution is 2.29. The van der Waals surface area contributed by atoms with Gasteiger partial charge in [-0.15, -0.1) is 0 Å². The Labute approximate surface area is 152 Å². The Morgan fingerprint density at radius 2 is 2.04 bits per heavy atom. The second-order valence-corrected chi connectivity index (χ2v) is 6.61. The number of halogens is 1. The zero-order chi connectivity index (χ0) is 17.6. The summed E-state index contributed by atoms with van der Waals surface area (Å²) in [6, 6.07) is 9.01. The van der Waals surface area contributed by atoms with Gasteiger partial charge in [-0.25, -0.2) is 4.98 Å². The number of benzene rings is 1. The summed E-state index contributed by atoms with van der Waals surface area (Å²) in [5.41, 5.74) is 1.04. The number of nitrogens with one attached hydrogen (secondary N) is 2. The van der Waals surface area contributed by atoms with Gasteiger partial charge < -0.3 is 15.4 Å². The minimum Gasteiger partial charge on any atom is -0.495 e. The van der Waals surface area contributed by atoms with Gasteiger partial charge >= 0.3 is 0 Å².